The number of aryl methyl sites for hydroxylation is 1. The Hall–Kier alpha value is -2.44. The van der Waals surface area contributed by atoms with E-state index in [9.17, 15) is 4.79 Å². The molecule has 0 bridgehead atoms. The molecule has 0 atom stereocenters. The smallest absolute Gasteiger partial charge is 0.225 e. The van der Waals surface area contributed by atoms with Crippen molar-refractivity contribution in [1.29, 1.82) is 0 Å². The molecule has 0 spiro atoms. The third-order valence-corrected chi connectivity index (χ3v) is 3.21. The zero-order chi connectivity index (χ0) is 16.3. The van der Waals surface area contributed by atoms with Crippen LogP contribution in [0.2, 0.25) is 0 Å². The Morgan fingerprint density at radius 3 is 2.73 bits per heavy atom. The monoisotopic (exact) mass is 302 g/mol. The first-order chi connectivity index (χ1) is 10.4. The van der Waals surface area contributed by atoms with Gasteiger partial charge in [0, 0.05) is 27.6 Å². The van der Waals surface area contributed by atoms with Crippen LogP contribution in [-0.2, 0) is 11.8 Å². The van der Waals surface area contributed by atoms with Crippen LogP contribution in [-0.4, -0.2) is 39.5 Å². The highest BCUT2D eigenvalue weighted by molar-refractivity contribution is 5.97. The number of anilines is 2. The summed E-state index contributed by atoms with van der Waals surface area (Å²) in [5, 5.41) is 2.82. The molecule has 0 aliphatic carbocycles. The van der Waals surface area contributed by atoms with E-state index in [1.165, 1.54) is 11.9 Å². The largest absolute Gasteiger partial charge is 0.348 e. The van der Waals surface area contributed by atoms with Crippen molar-refractivity contribution in [1.82, 2.24) is 19.5 Å². The van der Waals surface area contributed by atoms with E-state index in [1.807, 2.05) is 50.5 Å². The van der Waals surface area contributed by atoms with Crippen molar-refractivity contribution >= 4 is 28.8 Å². The zero-order valence-electron chi connectivity index (χ0n) is 13.7. The summed E-state index contributed by atoms with van der Waals surface area (Å²) in [6.07, 6.45) is 4.62. The van der Waals surface area contributed by atoms with E-state index >= 15 is 0 Å². The number of hydrogen-bond acceptors (Lipinski definition) is 5. The zero-order valence-corrected chi connectivity index (χ0v) is 13.7. The molecule has 2 rings (SSSR count). The van der Waals surface area contributed by atoms with Crippen LogP contribution in [0.5, 0.6) is 0 Å². The Labute approximate surface area is 130 Å². The summed E-state index contributed by atoms with van der Waals surface area (Å²) in [6, 6.07) is 0. The number of fused-ring (bicyclic) bond motifs is 1. The van der Waals surface area contributed by atoms with Crippen molar-refractivity contribution < 1.29 is 4.79 Å². The highest BCUT2D eigenvalue weighted by Crippen LogP contribution is 2.22. The van der Waals surface area contributed by atoms with Crippen LogP contribution in [0.15, 0.2) is 18.0 Å². The van der Waals surface area contributed by atoms with E-state index in [-0.39, 0.29) is 5.91 Å². The number of hydrogen-bond donors (Lipinski definition) is 1. The second-order valence-corrected chi connectivity index (χ2v) is 5.63. The summed E-state index contributed by atoms with van der Waals surface area (Å²) >= 11 is 0. The van der Waals surface area contributed by atoms with Gasteiger partial charge in [-0.05, 0) is 20.3 Å². The van der Waals surface area contributed by atoms with Gasteiger partial charge in [-0.2, -0.15) is 0 Å². The molecule has 0 aliphatic heterocycles. The maximum absolute atomic E-state index is 12.0. The number of rotatable bonds is 5. The summed E-state index contributed by atoms with van der Waals surface area (Å²) < 4.78 is 1.87. The minimum atomic E-state index is -0.0745. The molecule has 1 N–H and O–H groups in total. The average molecular weight is 302 g/mol. The Bertz CT molecular complexity index is 712. The lowest BCUT2D eigenvalue weighted by Crippen LogP contribution is -2.13. The lowest BCUT2D eigenvalue weighted by molar-refractivity contribution is -0.116. The van der Waals surface area contributed by atoms with Crippen LogP contribution in [0, 0.1) is 0 Å². The van der Waals surface area contributed by atoms with Gasteiger partial charge in [-0.25, -0.2) is 15.0 Å². The predicted octanol–water partition coefficient (Wildman–Crippen LogP) is 2.11. The van der Waals surface area contributed by atoms with Crippen LogP contribution < -0.4 is 10.2 Å². The van der Waals surface area contributed by atoms with Gasteiger partial charge in [-0.15, -0.1) is 0 Å². The van der Waals surface area contributed by atoms with Crippen molar-refractivity contribution in [3.05, 3.63) is 18.0 Å². The SMILES string of the molecule is CC(C)=CCCC(=O)Nc1ncnc2c1nc(N(C)C)n2C. The van der Waals surface area contributed by atoms with Gasteiger partial charge in [0.2, 0.25) is 11.9 Å². The van der Waals surface area contributed by atoms with Crippen LogP contribution in [0.4, 0.5) is 11.8 Å². The molecular formula is C15H22N6O. The topological polar surface area (TPSA) is 75.9 Å². The first-order valence-electron chi connectivity index (χ1n) is 7.18. The lowest BCUT2D eigenvalue weighted by Gasteiger charge is -2.09. The Morgan fingerprint density at radius 2 is 2.09 bits per heavy atom. The number of carbonyl (C=O) groups excluding carboxylic acids is 1. The van der Waals surface area contributed by atoms with Crippen LogP contribution in [0.3, 0.4) is 0 Å². The fourth-order valence-corrected chi connectivity index (χ4v) is 2.17. The van der Waals surface area contributed by atoms with E-state index in [0.29, 0.717) is 29.8 Å². The first kappa shape index (κ1) is 15.9. The summed E-state index contributed by atoms with van der Waals surface area (Å²) in [6.45, 7) is 4.03. The normalized spacial score (nSPS) is 10.6. The summed E-state index contributed by atoms with van der Waals surface area (Å²) in [5.41, 5.74) is 2.50. The molecular weight excluding hydrogens is 280 g/mol. The van der Waals surface area contributed by atoms with E-state index in [4.69, 9.17) is 0 Å². The van der Waals surface area contributed by atoms with Gasteiger partial charge in [0.1, 0.15) is 6.33 Å². The Balaban J connectivity index is 2.23. The molecule has 118 valence electrons. The van der Waals surface area contributed by atoms with Crippen molar-refractivity contribution in [2.24, 2.45) is 7.05 Å². The van der Waals surface area contributed by atoms with Crippen molar-refractivity contribution in [2.75, 3.05) is 24.3 Å². The summed E-state index contributed by atoms with van der Waals surface area (Å²) in [5.74, 6) is 1.14. The molecule has 0 radical (unpaired) electrons. The van der Waals surface area contributed by atoms with Crippen molar-refractivity contribution in [2.45, 2.75) is 26.7 Å². The van der Waals surface area contributed by atoms with Gasteiger partial charge in [0.05, 0.1) is 0 Å². The Morgan fingerprint density at radius 1 is 1.36 bits per heavy atom. The van der Waals surface area contributed by atoms with Crippen molar-refractivity contribution in [3.63, 3.8) is 0 Å². The van der Waals surface area contributed by atoms with Gasteiger partial charge >= 0.3 is 0 Å². The number of allylic oxidation sites excluding steroid dienone is 2. The van der Waals surface area contributed by atoms with Crippen LogP contribution >= 0.6 is 0 Å². The molecule has 2 heterocycles. The maximum Gasteiger partial charge on any atom is 0.225 e. The quantitative estimate of drug-likeness (QED) is 0.856. The first-order valence-corrected chi connectivity index (χ1v) is 7.18. The molecule has 0 saturated heterocycles. The van der Waals surface area contributed by atoms with E-state index in [1.54, 1.807) is 0 Å². The van der Waals surface area contributed by atoms with Gasteiger partial charge in [-0.3, -0.25) is 9.36 Å². The molecule has 22 heavy (non-hydrogen) atoms. The molecule has 7 nitrogen and oxygen atoms in total. The predicted molar refractivity (Wildman–Crippen MR) is 87.9 cm³/mol. The highest BCUT2D eigenvalue weighted by Gasteiger charge is 2.15. The second kappa shape index (κ2) is 6.55. The number of amides is 1. The van der Waals surface area contributed by atoms with Crippen LogP contribution in [0.1, 0.15) is 26.7 Å². The van der Waals surface area contributed by atoms with Gasteiger partial charge < -0.3 is 10.2 Å². The molecule has 2 aromatic heterocycles. The maximum atomic E-state index is 12.0. The lowest BCUT2D eigenvalue weighted by atomic mass is 10.2. The number of carbonyl (C=O) groups is 1. The van der Waals surface area contributed by atoms with Gasteiger partial charge in [0.25, 0.3) is 0 Å². The molecule has 0 aliphatic rings. The number of nitrogens with one attached hydrogen (secondary N) is 1. The highest BCUT2D eigenvalue weighted by atomic mass is 16.1. The number of imidazole rings is 1. The summed E-state index contributed by atoms with van der Waals surface area (Å²) in [4.78, 5) is 26.8. The summed E-state index contributed by atoms with van der Waals surface area (Å²) in [7, 11) is 5.71. The van der Waals surface area contributed by atoms with E-state index in [2.05, 4.69) is 20.3 Å². The molecule has 0 fully saturated rings. The minimum absolute atomic E-state index is 0.0745. The molecule has 0 saturated carbocycles. The molecule has 1 amide bonds. The average Bonchev–Trinajstić information content (AvgIpc) is 2.77. The van der Waals surface area contributed by atoms with Crippen molar-refractivity contribution in [3.8, 4) is 0 Å². The second-order valence-electron chi connectivity index (χ2n) is 5.63. The fraction of sp³-hybridized carbons (Fsp3) is 0.467. The van der Waals surface area contributed by atoms with Gasteiger partial charge in [0.15, 0.2) is 17.0 Å². The number of nitrogens with zero attached hydrogens (tertiary/aromatic N) is 5. The number of aromatic nitrogens is 4. The third-order valence-electron chi connectivity index (χ3n) is 3.21. The molecule has 2 aromatic rings. The van der Waals surface area contributed by atoms with Gasteiger partial charge in [-0.1, -0.05) is 11.6 Å². The standard InChI is InChI=1S/C15H22N6O/c1-10(2)7-6-8-11(22)18-13-12-14(17-9-16-13)21(5)15(19-12)20(3)4/h7,9H,6,8H2,1-5H3,(H,16,17,18,22). The Kier molecular flexibility index (Phi) is 4.75. The van der Waals surface area contributed by atoms with E-state index < -0.39 is 0 Å². The van der Waals surface area contributed by atoms with E-state index in [0.717, 1.165) is 5.95 Å². The third kappa shape index (κ3) is 3.41. The van der Waals surface area contributed by atoms with Crippen LogP contribution in [0.25, 0.3) is 11.2 Å². The fourth-order valence-electron chi connectivity index (χ4n) is 2.17. The minimum Gasteiger partial charge on any atom is -0.348 e. The molecule has 7 heteroatoms. The molecule has 0 unspecified atom stereocenters. The molecule has 0 aromatic carbocycles.